The summed E-state index contributed by atoms with van der Waals surface area (Å²) in [6, 6.07) is 10.9. The van der Waals surface area contributed by atoms with Crippen LogP contribution in [0.3, 0.4) is 0 Å². The van der Waals surface area contributed by atoms with Crippen molar-refractivity contribution in [3.8, 4) is 11.4 Å². The number of carbonyl (C=O) groups excluding carboxylic acids is 1. The molecule has 6 nitrogen and oxygen atoms in total. The lowest BCUT2D eigenvalue weighted by atomic mass is 10.2. The highest BCUT2D eigenvalue weighted by atomic mass is 16.1. The molecule has 4 N–H and O–H groups in total. The van der Waals surface area contributed by atoms with Crippen LogP contribution in [0.5, 0.6) is 0 Å². The average Bonchev–Trinajstić information content (AvgIpc) is 2.47. The van der Waals surface area contributed by atoms with Gasteiger partial charge in [0.2, 0.25) is 5.91 Å². The molecule has 0 bridgehead atoms. The number of anilines is 2. The second-order valence-corrected chi connectivity index (χ2v) is 4.35. The molecule has 104 valence electrons. The normalized spacial score (nSPS) is 11.7. The third-order valence-corrected chi connectivity index (χ3v) is 2.81. The Balaban J connectivity index is 2.36. The molecule has 1 aromatic heterocycles. The Morgan fingerprint density at radius 2 is 1.85 bits per heavy atom. The van der Waals surface area contributed by atoms with Crippen LogP contribution < -0.4 is 16.4 Å². The third-order valence-electron chi connectivity index (χ3n) is 2.81. The summed E-state index contributed by atoms with van der Waals surface area (Å²) in [7, 11) is 1.78. The van der Waals surface area contributed by atoms with E-state index in [0.29, 0.717) is 17.5 Å². The van der Waals surface area contributed by atoms with Gasteiger partial charge in [-0.1, -0.05) is 30.3 Å². The summed E-state index contributed by atoms with van der Waals surface area (Å²) in [4.78, 5) is 19.9. The molecule has 0 spiro atoms. The Labute approximate surface area is 117 Å². The number of nitrogens with two attached hydrogens (primary N) is 1. The van der Waals surface area contributed by atoms with Gasteiger partial charge < -0.3 is 16.4 Å². The van der Waals surface area contributed by atoms with E-state index in [9.17, 15) is 4.79 Å². The lowest BCUT2D eigenvalue weighted by Crippen LogP contribution is -2.32. The number of nitrogens with zero attached hydrogens (tertiary/aromatic N) is 2. The van der Waals surface area contributed by atoms with Crippen LogP contribution in [0.15, 0.2) is 36.4 Å². The van der Waals surface area contributed by atoms with Crippen LogP contribution in [-0.2, 0) is 4.79 Å². The monoisotopic (exact) mass is 271 g/mol. The minimum atomic E-state index is -0.502. The molecule has 20 heavy (non-hydrogen) atoms. The van der Waals surface area contributed by atoms with Crippen molar-refractivity contribution in [2.45, 2.75) is 13.0 Å². The summed E-state index contributed by atoms with van der Waals surface area (Å²) in [6.45, 7) is 1.69. The number of nitrogens with one attached hydrogen (secondary N) is 2. The highest BCUT2D eigenvalue weighted by molar-refractivity contribution is 5.82. The van der Waals surface area contributed by atoms with Gasteiger partial charge in [0.25, 0.3) is 0 Å². The van der Waals surface area contributed by atoms with Crippen LogP contribution in [0, 0.1) is 0 Å². The molecule has 1 aromatic carbocycles. The number of benzene rings is 1. The molecule has 1 heterocycles. The van der Waals surface area contributed by atoms with Crippen molar-refractivity contribution in [1.29, 1.82) is 0 Å². The Morgan fingerprint density at radius 1 is 1.20 bits per heavy atom. The number of aromatic nitrogens is 2. The number of rotatable bonds is 5. The minimum Gasteiger partial charge on any atom is -0.373 e. The standard InChI is InChI=1S/C14H17N5O/c1-9(13(15)20)17-12-8-11(16-2)18-14(19-12)10-6-4-3-5-7-10/h3-9H,1-2H3,(H2,15,20)(H2,16,17,18,19). The molecule has 0 saturated heterocycles. The van der Waals surface area contributed by atoms with Gasteiger partial charge in [0.1, 0.15) is 17.7 Å². The van der Waals surface area contributed by atoms with Crippen LogP contribution in [0.2, 0.25) is 0 Å². The Hall–Kier alpha value is -2.63. The van der Waals surface area contributed by atoms with Gasteiger partial charge in [0, 0.05) is 18.7 Å². The van der Waals surface area contributed by atoms with E-state index in [1.165, 1.54) is 0 Å². The molecule has 0 aliphatic carbocycles. The molecular formula is C14H17N5O. The molecule has 0 aliphatic heterocycles. The fraction of sp³-hybridized carbons (Fsp3) is 0.214. The predicted octanol–water partition coefficient (Wildman–Crippen LogP) is 1.47. The predicted molar refractivity (Wildman–Crippen MR) is 79.3 cm³/mol. The van der Waals surface area contributed by atoms with Crippen LogP contribution in [0.4, 0.5) is 11.6 Å². The SMILES string of the molecule is CNc1cc(NC(C)C(N)=O)nc(-c2ccccc2)n1. The maximum atomic E-state index is 11.1. The first kappa shape index (κ1) is 13.8. The highest BCUT2D eigenvalue weighted by Gasteiger charge is 2.11. The fourth-order valence-electron chi connectivity index (χ4n) is 1.66. The number of carbonyl (C=O) groups is 1. The van der Waals surface area contributed by atoms with Gasteiger partial charge in [-0.2, -0.15) is 0 Å². The van der Waals surface area contributed by atoms with Gasteiger partial charge in [-0.3, -0.25) is 4.79 Å². The van der Waals surface area contributed by atoms with E-state index in [1.807, 2.05) is 30.3 Å². The molecule has 0 saturated carbocycles. The topological polar surface area (TPSA) is 92.9 Å². The van der Waals surface area contributed by atoms with Crippen molar-refractivity contribution in [3.05, 3.63) is 36.4 Å². The van der Waals surface area contributed by atoms with E-state index in [0.717, 1.165) is 5.56 Å². The number of amides is 1. The van der Waals surface area contributed by atoms with E-state index in [1.54, 1.807) is 20.0 Å². The van der Waals surface area contributed by atoms with Crippen molar-refractivity contribution in [2.24, 2.45) is 5.73 Å². The summed E-state index contributed by atoms with van der Waals surface area (Å²) >= 11 is 0. The quantitative estimate of drug-likeness (QED) is 0.765. The maximum absolute atomic E-state index is 11.1. The van der Waals surface area contributed by atoms with Gasteiger partial charge in [-0.25, -0.2) is 9.97 Å². The smallest absolute Gasteiger partial charge is 0.239 e. The fourth-order valence-corrected chi connectivity index (χ4v) is 1.66. The lowest BCUT2D eigenvalue weighted by molar-refractivity contribution is -0.118. The molecule has 1 unspecified atom stereocenters. The van der Waals surface area contributed by atoms with Crippen LogP contribution >= 0.6 is 0 Å². The van der Waals surface area contributed by atoms with Crippen molar-refractivity contribution in [1.82, 2.24) is 9.97 Å². The molecule has 1 atom stereocenters. The van der Waals surface area contributed by atoms with E-state index in [2.05, 4.69) is 20.6 Å². The van der Waals surface area contributed by atoms with E-state index < -0.39 is 11.9 Å². The Kier molecular flexibility index (Phi) is 4.14. The van der Waals surface area contributed by atoms with E-state index in [4.69, 9.17) is 5.73 Å². The van der Waals surface area contributed by atoms with Gasteiger partial charge in [0.15, 0.2) is 5.82 Å². The zero-order valence-electron chi connectivity index (χ0n) is 11.4. The largest absolute Gasteiger partial charge is 0.373 e. The van der Waals surface area contributed by atoms with E-state index >= 15 is 0 Å². The Bertz CT molecular complexity index is 600. The summed E-state index contributed by atoms with van der Waals surface area (Å²) in [5, 5.41) is 5.93. The molecule has 6 heteroatoms. The number of hydrogen-bond acceptors (Lipinski definition) is 5. The van der Waals surface area contributed by atoms with Crippen molar-refractivity contribution >= 4 is 17.5 Å². The van der Waals surface area contributed by atoms with Crippen molar-refractivity contribution < 1.29 is 4.79 Å². The average molecular weight is 271 g/mol. The van der Waals surface area contributed by atoms with Crippen LogP contribution in [0.25, 0.3) is 11.4 Å². The molecule has 2 aromatic rings. The summed E-state index contributed by atoms with van der Waals surface area (Å²) in [5.74, 6) is 1.36. The first-order chi connectivity index (χ1) is 9.60. The summed E-state index contributed by atoms with van der Waals surface area (Å²) in [6.07, 6.45) is 0. The second kappa shape index (κ2) is 6.01. The molecule has 2 rings (SSSR count). The van der Waals surface area contributed by atoms with Crippen LogP contribution in [0.1, 0.15) is 6.92 Å². The van der Waals surface area contributed by atoms with Gasteiger partial charge in [0.05, 0.1) is 0 Å². The summed E-state index contributed by atoms with van der Waals surface area (Å²) in [5.41, 5.74) is 6.15. The molecular weight excluding hydrogens is 254 g/mol. The molecule has 0 fully saturated rings. The van der Waals surface area contributed by atoms with Crippen LogP contribution in [-0.4, -0.2) is 29.0 Å². The van der Waals surface area contributed by atoms with E-state index in [-0.39, 0.29) is 0 Å². The Morgan fingerprint density at radius 3 is 2.45 bits per heavy atom. The third kappa shape index (κ3) is 3.23. The zero-order chi connectivity index (χ0) is 14.5. The molecule has 0 aliphatic rings. The maximum Gasteiger partial charge on any atom is 0.239 e. The van der Waals surface area contributed by atoms with Crippen molar-refractivity contribution in [2.75, 3.05) is 17.7 Å². The first-order valence-electron chi connectivity index (χ1n) is 6.28. The number of primary amides is 1. The highest BCUT2D eigenvalue weighted by Crippen LogP contribution is 2.20. The van der Waals surface area contributed by atoms with Crippen molar-refractivity contribution in [3.63, 3.8) is 0 Å². The van der Waals surface area contributed by atoms with Gasteiger partial charge in [-0.15, -0.1) is 0 Å². The first-order valence-corrected chi connectivity index (χ1v) is 6.28. The van der Waals surface area contributed by atoms with Gasteiger partial charge >= 0.3 is 0 Å². The van der Waals surface area contributed by atoms with Gasteiger partial charge in [-0.05, 0) is 6.92 Å². The minimum absolute atomic E-state index is 0.434. The second-order valence-electron chi connectivity index (χ2n) is 4.35. The lowest BCUT2D eigenvalue weighted by Gasteiger charge is -2.13. The molecule has 1 amide bonds. The zero-order valence-corrected chi connectivity index (χ0v) is 11.4. The number of hydrogen-bond donors (Lipinski definition) is 3. The summed E-state index contributed by atoms with van der Waals surface area (Å²) < 4.78 is 0. The molecule has 0 radical (unpaired) electrons.